The van der Waals surface area contributed by atoms with E-state index in [9.17, 15) is 34.8 Å². The quantitative estimate of drug-likeness (QED) is 0.444. The molecule has 0 saturated carbocycles. The minimum atomic E-state index is -1.28. The predicted molar refractivity (Wildman–Crippen MR) is 95.6 cm³/mol. The highest BCUT2D eigenvalue weighted by Gasteiger charge is 2.52. The zero-order valence-electron chi connectivity index (χ0n) is 14.3. The van der Waals surface area contributed by atoms with Crippen LogP contribution in [0.25, 0.3) is 0 Å². The molecule has 3 aliphatic carbocycles. The number of Topliss-reactive ketones (excluding diaryl/α,β-unsaturated/α-hetero) is 2. The number of fused-ring (bicyclic) bond motifs is 3. The molecule has 28 heavy (non-hydrogen) atoms. The maximum atomic E-state index is 13.1. The number of hydrogen-bond acceptors (Lipinski definition) is 7. The first-order chi connectivity index (χ1) is 13.1. The normalized spacial score (nSPS) is 29.4. The lowest BCUT2D eigenvalue weighted by Crippen LogP contribution is -2.43. The van der Waals surface area contributed by atoms with Gasteiger partial charge in [0.1, 0.15) is 22.8 Å². The van der Waals surface area contributed by atoms with E-state index < -0.39 is 64.2 Å². The van der Waals surface area contributed by atoms with Crippen LogP contribution in [0.1, 0.15) is 34.9 Å². The van der Waals surface area contributed by atoms with Crippen molar-refractivity contribution in [2.24, 2.45) is 23.5 Å². The van der Waals surface area contributed by atoms with Gasteiger partial charge in [-0.1, -0.05) is 11.6 Å². The van der Waals surface area contributed by atoms with E-state index in [4.69, 9.17) is 17.3 Å². The number of halogens is 1. The Labute approximate surface area is 163 Å². The Bertz CT molecular complexity index is 1030. The summed E-state index contributed by atoms with van der Waals surface area (Å²) in [7, 11) is 0. The van der Waals surface area contributed by atoms with E-state index in [2.05, 4.69) is 0 Å². The maximum Gasteiger partial charge on any atom is 0.256 e. The van der Waals surface area contributed by atoms with Crippen molar-refractivity contribution >= 4 is 29.1 Å². The van der Waals surface area contributed by atoms with Crippen LogP contribution in [0.15, 0.2) is 34.8 Å². The summed E-state index contributed by atoms with van der Waals surface area (Å²) < 4.78 is 0. The Kier molecular flexibility index (Phi) is 4.02. The molecule has 0 spiro atoms. The van der Waals surface area contributed by atoms with Crippen molar-refractivity contribution in [3.05, 3.63) is 50.9 Å². The summed E-state index contributed by atoms with van der Waals surface area (Å²) in [6, 6.07) is 2.57. The van der Waals surface area contributed by atoms with Crippen molar-refractivity contribution in [1.82, 2.24) is 0 Å². The molecular formula is C19H16ClNO7. The molecular weight excluding hydrogens is 390 g/mol. The van der Waals surface area contributed by atoms with Gasteiger partial charge in [0.05, 0.1) is 17.6 Å². The lowest BCUT2D eigenvalue weighted by Gasteiger charge is -2.43. The first-order valence-corrected chi connectivity index (χ1v) is 8.96. The second-order valence-corrected chi connectivity index (χ2v) is 7.66. The van der Waals surface area contributed by atoms with Gasteiger partial charge in [-0.2, -0.15) is 0 Å². The van der Waals surface area contributed by atoms with E-state index in [1.807, 2.05) is 0 Å². The molecule has 1 aromatic rings. The van der Waals surface area contributed by atoms with Gasteiger partial charge in [-0.15, -0.1) is 0 Å². The number of nitrogens with two attached hydrogens (primary N) is 1. The number of benzene rings is 1. The van der Waals surface area contributed by atoms with Gasteiger partial charge in [0, 0.05) is 28.5 Å². The molecule has 0 aromatic heterocycles. The number of rotatable bonds is 1. The Morgan fingerprint density at radius 2 is 1.86 bits per heavy atom. The predicted octanol–water partition coefficient (Wildman–Crippen LogP) is 1.61. The first kappa shape index (κ1) is 18.5. The molecule has 4 unspecified atom stereocenters. The summed E-state index contributed by atoms with van der Waals surface area (Å²) in [5, 5.41) is 42.3. The minimum Gasteiger partial charge on any atom is -0.511 e. The lowest BCUT2D eigenvalue weighted by atomic mass is 9.61. The van der Waals surface area contributed by atoms with Crippen LogP contribution >= 0.6 is 11.6 Å². The highest BCUT2D eigenvalue weighted by molar-refractivity contribution is 6.32. The molecule has 0 aliphatic heterocycles. The molecule has 0 heterocycles. The number of phenolic OH excluding ortho intramolecular Hbond substituents is 1. The van der Waals surface area contributed by atoms with Crippen LogP contribution < -0.4 is 5.73 Å². The summed E-state index contributed by atoms with van der Waals surface area (Å²) in [5.74, 6) is -6.92. The summed E-state index contributed by atoms with van der Waals surface area (Å²) in [5.41, 5.74) is 4.32. The van der Waals surface area contributed by atoms with Crippen molar-refractivity contribution in [3.63, 3.8) is 0 Å². The summed E-state index contributed by atoms with van der Waals surface area (Å²) in [6.45, 7) is 0. The Morgan fingerprint density at radius 3 is 2.50 bits per heavy atom. The Morgan fingerprint density at radius 1 is 1.18 bits per heavy atom. The molecule has 146 valence electrons. The number of carbonyl (C=O) groups excluding carboxylic acids is 3. The second-order valence-electron chi connectivity index (χ2n) is 7.25. The van der Waals surface area contributed by atoms with Crippen LogP contribution in [0, 0.1) is 17.8 Å². The third-order valence-corrected chi connectivity index (χ3v) is 6.14. The van der Waals surface area contributed by atoms with E-state index in [-0.39, 0.29) is 34.6 Å². The number of hydrogen-bond donors (Lipinski definition) is 5. The fourth-order valence-electron chi connectivity index (χ4n) is 4.64. The standard InChI is InChI=1S/C19H16ClNO7/c20-7-1-2-8(22)13-12(7)15(24)6-3-5-4-9(23)14(19(21)28)17(26)10(5)16(25)11(6)18(13)27/h1-2,5-6,11,15,22,24-26H,3-4H2,(H2,21,28). The minimum absolute atomic E-state index is 0.0730. The van der Waals surface area contributed by atoms with Crippen LogP contribution in [0.4, 0.5) is 0 Å². The Hall–Kier alpha value is -2.84. The number of aliphatic hydroxyl groups is 3. The van der Waals surface area contributed by atoms with Crippen molar-refractivity contribution in [1.29, 1.82) is 0 Å². The van der Waals surface area contributed by atoms with Gasteiger partial charge in [-0.05, 0) is 24.5 Å². The molecule has 0 bridgehead atoms. The molecule has 9 heteroatoms. The van der Waals surface area contributed by atoms with Crippen molar-refractivity contribution in [2.45, 2.75) is 18.9 Å². The van der Waals surface area contributed by atoms with E-state index in [0.717, 1.165) is 0 Å². The largest absolute Gasteiger partial charge is 0.511 e. The third kappa shape index (κ3) is 2.31. The number of phenols is 1. The summed E-state index contributed by atoms with van der Waals surface area (Å²) >= 11 is 6.13. The van der Waals surface area contributed by atoms with E-state index >= 15 is 0 Å². The van der Waals surface area contributed by atoms with E-state index in [1.54, 1.807) is 0 Å². The van der Waals surface area contributed by atoms with Crippen molar-refractivity contribution in [3.8, 4) is 5.75 Å². The molecule has 1 amide bonds. The third-order valence-electron chi connectivity index (χ3n) is 5.81. The van der Waals surface area contributed by atoms with Crippen LogP contribution in [0.3, 0.4) is 0 Å². The smallest absolute Gasteiger partial charge is 0.256 e. The van der Waals surface area contributed by atoms with Crippen LogP contribution in [0.2, 0.25) is 5.02 Å². The van der Waals surface area contributed by atoms with Gasteiger partial charge >= 0.3 is 0 Å². The average molecular weight is 406 g/mol. The maximum absolute atomic E-state index is 13.1. The van der Waals surface area contributed by atoms with Crippen LogP contribution in [-0.2, 0) is 9.59 Å². The molecule has 0 saturated heterocycles. The highest BCUT2D eigenvalue weighted by atomic mass is 35.5. The zero-order chi connectivity index (χ0) is 20.5. The van der Waals surface area contributed by atoms with Crippen LogP contribution in [-0.4, -0.2) is 37.9 Å². The number of primary amides is 1. The van der Waals surface area contributed by atoms with Gasteiger partial charge in [0.25, 0.3) is 5.91 Å². The number of aromatic hydroxyl groups is 1. The molecule has 8 nitrogen and oxygen atoms in total. The molecule has 0 radical (unpaired) electrons. The molecule has 0 fully saturated rings. The van der Waals surface area contributed by atoms with Gasteiger partial charge < -0.3 is 26.2 Å². The fraction of sp³-hybridized carbons (Fsp3) is 0.316. The number of ketones is 2. The van der Waals surface area contributed by atoms with Gasteiger partial charge in [-0.25, -0.2) is 0 Å². The first-order valence-electron chi connectivity index (χ1n) is 8.58. The van der Waals surface area contributed by atoms with Gasteiger partial charge in [-0.3, -0.25) is 14.4 Å². The molecule has 4 rings (SSSR count). The zero-order valence-corrected chi connectivity index (χ0v) is 15.1. The number of aliphatic hydroxyl groups excluding tert-OH is 3. The van der Waals surface area contributed by atoms with E-state index in [1.165, 1.54) is 12.1 Å². The fourth-order valence-corrected chi connectivity index (χ4v) is 4.91. The molecule has 1 aromatic carbocycles. The van der Waals surface area contributed by atoms with Gasteiger partial charge in [0.2, 0.25) is 0 Å². The second kappa shape index (κ2) is 6.08. The summed E-state index contributed by atoms with van der Waals surface area (Å²) in [6.07, 6.45) is -1.39. The Balaban J connectivity index is 1.94. The molecule has 4 atom stereocenters. The number of carbonyl (C=O) groups is 3. The number of allylic oxidation sites excluding steroid dienone is 2. The van der Waals surface area contributed by atoms with Crippen molar-refractivity contribution < 1.29 is 34.8 Å². The van der Waals surface area contributed by atoms with Gasteiger partial charge in [0.15, 0.2) is 11.6 Å². The lowest BCUT2D eigenvalue weighted by molar-refractivity contribution is -0.122. The molecule has 3 aliphatic rings. The average Bonchev–Trinajstić information content (AvgIpc) is 2.60. The highest BCUT2D eigenvalue weighted by Crippen LogP contribution is 2.54. The summed E-state index contributed by atoms with van der Waals surface area (Å²) in [4.78, 5) is 36.8. The van der Waals surface area contributed by atoms with E-state index in [0.29, 0.717) is 0 Å². The topological polar surface area (TPSA) is 158 Å². The SMILES string of the molecule is NC(=O)C1=C(O)C2=C(O)C3C(=O)c4c(O)ccc(Cl)c4C(O)C3CC2CC1=O. The number of amides is 1. The molecule has 6 N–H and O–H groups in total. The van der Waals surface area contributed by atoms with Crippen molar-refractivity contribution in [2.75, 3.05) is 0 Å². The van der Waals surface area contributed by atoms with Crippen LogP contribution in [0.5, 0.6) is 5.75 Å². The monoisotopic (exact) mass is 405 g/mol.